The first-order valence-corrected chi connectivity index (χ1v) is 25.8. The van der Waals surface area contributed by atoms with E-state index in [1.807, 2.05) is 77.9 Å². The highest BCUT2D eigenvalue weighted by Gasteiger charge is 2.26. The lowest BCUT2D eigenvalue weighted by Crippen LogP contribution is -2.31. The fraction of sp³-hybridized carbons (Fsp3) is 0.120. The molecule has 3 heterocycles. The van der Waals surface area contributed by atoms with Gasteiger partial charge >= 0.3 is 0 Å². The molecule has 0 saturated heterocycles. The molecule has 13 aromatic rings. The van der Waals surface area contributed by atoms with Crippen LogP contribution < -0.4 is 9.30 Å². The summed E-state index contributed by atoms with van der Waals surface area (Å²) in [6.07, 6.45) is 4.72. The number of imidazole rings is 1. The van der Waals surface area contributed by atoms with Gasteiger partial charge in [0.25, 0.3) is 6.33 Å². The number of aryl methyl sites for hydroxylation is 1. The van der Waals surface area contributed by atoms with E-state index in [1.165, 1.54) is 18.3 Å². The van der Waals surface area contributed by atoms with Crippen LogP contribution in [0.4, 0.5) is 0 Å². The van der Waals surface area contributed by atoms with Crippen LogP contribution in [0.15, 0.2) is 248 Å². The molecule has 0 aliphatic heterocycles. The number of para-hydroxylation sites is 1. The van der Waals surface area contributed by atoms with Gasteiger partial charge in [0.15, 0.2) is 0 Å². The van der Waals surface area contributed by atoms with Gasteiger partial charge in [0, 0.05) is 32.7 Å². The zero-order valence-corrected chi connectivity index (χ0v) is 44.3. The molecule has 0 bridgehead atoms. The van der Waals surface area contributed by atoms with Crippen LogP contribution in [0.1, 0.15) is 89.8 Å². The standard InChI is InChI=1S/C75H62N4O/c1-50-39-72(76-48-67(50)54-29-18-11-19-30-54)79-68-34-21-20-33-63(68)64-37-36-62(47-70(64)79)80-61-32-22-31-60(46-61)77-49-78(69-38-35-55(44-71(69)77)51-23-12-8-13-24-51)73-65(53-27-16-10-17-28-53)42-56(52-25-14-9-15-26-52)43-66(73)57-40-58(74(2,3)4)45-59(41-57)75(5,6)7/h8-48H,1-7H3/i1D3,8D,9D,10D,11D,12D,13D,14D,15D,16D,17D,18D,19D,23D,24D,25D,26D,27D,28D,29D,30D. The average molecular weight is 1060 g/mol. The van der Waals surface area contributed by atoms with Crippen molar-refractivity contribution in [3.63, 3.8) is 0 Å². The molecule has 0 unspecified atom stereocenters. The van der Waals surface area contributed by atoms with Crippen molar-refractivity contribution >= 4 is 32.8 Å². The van der Waals surface area contributed by atoms with Crippen LogP contribution in [0.3, 0.4) is 0 Å². The molecule has 80 heavy (non-hydrogen) atoms. The predicted molar refractivity (Wildman–Crippen MR) is 332 cm³/mol. The number of nitrogens with zero attached hydrogens (tertiary/aromatic N) is 4. The number of pyridine rings is 1. The van der Waals surface area contributed by atoms with Gasteiger partial charge in [-0.1, -0.05) is 217 Å². The van der Waals surface area contributed by atoms with E-state index in [1.54, 1.807) is 80.4 Å². The lowest BCUT2D eigenvalue weighted by atomic mass is 9.78. The van der Waals surface area contributed by atoms with Gasteiger partial charge in [-0.25, -0.2) is 4.98 Å². The lowest BCUT2D eigenvalue weighted by molar-refractivity contribution is -0.571. The Morgan fingerprint density at radius 2 is 1.06 bits per heavy atom. The van der Waals surface area contributed by atoms with Crippen molar-refractivity contribution in [1.82, 2.24) is 14.1 Å². The van der Waals surface area contributed by atoms with E-state index >= 15 is 0 Å². The molecule has 0 spiro atoms. The fourth-order valence-corrected chi connectivity index (χ4v) is 10.1. The number of hydrogen-bond acceptors (Lipinski definition) is 2. The molecular weight excluding hydrogens is 973 g/mol. The number of benzene rings is 10. The first kappa shape index (κ1) is 30.5. The molecule has 388 valence electrons. The molecule has 0 atom stereocenters. The van der Waals surface area contributed by atoms with E-state index in [4.69, 9.17) is 35.8 Å². The van der Waals surface area contributed by atoms with E-state index in [9.17, 15) is 5.48 Å². The molecule has 13 rings (SSSR count). The summed E-state index contributed by atoms with van der Waals surface area (Å²) >= 11 is 0. The summed E-state index contributed by atoms with van der Waals surface area (Å²) in [5.74, 6) is 0.641. The quantitative estimate of drug-likeness (QED) is 0.101. The summed E-state index contributed by atoms with van der Waals surface area (Å²) in [7, 11) is 0. The summed E-state index contributed by atoms with van der Waals surface area (Å²) in [5.41, 5.74) is 2.33. The molecule has 0 aliphatic carbocycles. The van der Waals surface area contributed by atoms with Crippen LogP contribution in [0, 0.1) is 13.2 Å². The Labute approximate surface area is 501 Å². The van der Waals surface area contributed by atoms with Gasteiger partial charge in [0.05, 0.1) is 60.9 Å². The molecule has 0 fully saturated rings. The second-order valence-corrected chi connectivity index (χ2v) is 21.4. The van der Waals surface area contributed by atoms with E-state index in [2.05, 4.69) is 12.4 Å². The summed E-state index contributed by atoms with van der Waals surface area (Å²) in [4.78, 5) is 4.72. The normalized spacial score (nSPS) is 16.1. The molecule has 0 amide bonds. The number of hydrogen-bond donors (Lipinski definition) is 0. The van der Waals surface area contributed by atoms with Crippen molar-refractivity contribution in [3.8, 4) is 84.3 Å². The van der Waals surface area contributed by atoms with Gasteiger partial charge in [-0.05, 0) is 145 Å². The summed E-state index contributed by atoms with van der Waals surface area (Å²) in [6, 6.07) is 22.3. The van der Waals surface area contributed by atoms with Crippen molar-refractivity contribution in [3.05, 3.63) is 271 Å². The van der Waals surface area contributed by atoms with Crippen LogP contribution in [0.25, 0.3) is 106 Å². The monoisotopic (exact) mass is 1060 g/mol. The largest absolute Gasteiger partial charge is 0.458 e. The minimum atomic E-state index is -2.87. The Bertz CT molecular complexity index is 5680. The maximum Gasteiger partial charge on any atom is 0.269 e. The van der Waals surface area contributed by atoms with Crippen molar-refractivity contribution < 1.29 is 40.8 Å². The van der Waals surface area contributed by atoms with Gasteiger partial charge in [0.1, 0.15) is 17.3 Å². The molecule has 10 aromatic carbocycles. The third-order valence-corrected chi connectivity index (χ3v) is 14.2. The molecule has 0 N–H and O–H groups in total. The Hall–Kier alpha value is -9.58. The highest BCUT2D eigenvalue weighted by molar-refractivity contribution is 6.09. The first-order chi connectivity index (χ1) is 48.3. The second kappa shape index (κ2) is 20.0. The molecule has 0 aliphatic rings. The average Bonchev–Trinajstić information content (AvgIpc) is 1.68. The Kier molecular flexibility index (Phi) is 7.64. The fourth-order valence-electron chi connectivity index (χ4n) is 10.1. The predicted octanol–water partition coefficient (Wildman–Crippen LogP) is 19.2. The van der Waals surface area contributed by atoms with Crippen molar-refractivity contribution in [2.75, 3.05) is 0 Å². The topological polar surface area (TPSA) is 35.9 Å². The van der Waals surface area contributed by atoms with E-state index in [0.29, 0.717) is 33.2 Å². The minimum Gasteiger partial charge on any atom is -0.458 e. The highest BCUT2D eigenvalue weighted by atomic mass is 16.5. The van der Waals surface area contributed by atoms with Crippen LogP contribution in [0.2, 0.25) is 0 Å². The number of ether oxygens (including phenoxy) is 1. The van der Waals surface area contributed by atoms with Crippen molar-refractivity contribution in [2.24, 2.45) is 0 Å². The van der Waals surface area contributed by atoms with E-state index in [-0.39, 0.29) is 84.2 Å². The summed E-state index contributed by atoms with van der Waals surface area (Å²) in [6.45, 7) is 9.36. The number of aromatic nitrogens is 4. The summed E-state index contributed by atoms with van der Waals surface area (Å²) in [5, 5.41) is 1.46. The highest BCUT2D eigenvalue weighted by Crippen LogP contribution is 2.43. The molecular formula is C75H62N4O. The van der Waals surface area contributed by atoms with Gasteiger partial charge in [-0.2, -0.15) is 0 Å². The maximum absolute atomic E-state index is 9.65. The minimum absolute atomic E-state index is 0.0360. The Morgan fingerprint density at radius 1 is 0.475 bits per heavy atom. The summed E-state index contributed by atoms with van der Waals surface area (Å²) < 4.78 is 216. The van der Waals surface area contributed by atoms with Crippen molar-refractivity contribution in [2.45, 2.75) is 59.2 Å². The second-order valence-electron chi connectivity index (χ2n) is 21.4. The van der Waals surface area contributed by atoms with Crippen LogP contribution in [-0.4, -0.2) is 14.1 Å². The molecule has 5 nitrogen and oxygen atoms in total. The van der Waals surface area contributed by atoms with E-state index in [0.717, 1.165) is 16.5 Å². The van der Waals surface area contributed by atoms with E-state index < -0.39 is 139 Å². The Morgan fingerprint density at radius 3 is 1.71 bits per heavy atom. The van der Waals surface area contributed by atoms with Crippen molar-refractivity contribution in [1.29, 1.82) is 0 Å². The van der Waals surface area contributed by atoms with Crippen LogP contribution in [-0.2, 0) is 10.8 Å². The van der Waals surface area contributed by atoms with Gasteiger partial charge < -0.3 is 4.74 Å². The zero-order valence-electron chi connectivity index (χ0n) is 67.3. The van der Waals surface area contributed by atoms with Crippen LogP contribution in [0.5, 0.6) is 11.5 Å². The molecule has 0 saturated carbocycles. The lowest BCUT2D eigenvalue weighted by Gasteiger charge is -2.27. The van der Waals surface area contributed by atoms with Crippen LogP contribution >= 0.6 is 0 Å². The molecule has 3 aromatic heterocycles. The molecule has 0 radical (unpaired) electrons. The number of fused-ring (bicyclic) bond motifs is 4. The smallest absolute Gasteiger partial charge is 0.269 e. The first-order valence-electron chi connectivity index (χ1n) is 37.3. The number of rotatable bonds is 10. The van der Waals surface area contributed by atoms with Gasteiger partial charge in [0.2, 0.25) is 0 Å². The maximum atomic E-state index is 9.65. The third-order valence-electron chi connectivity index (χ3n) is 14.2. The van der Waals surface area contributed by atoms with Gasteiger partial charge in [-0.15, -0.1) is 0 Å². The molecule has 5 heteroatoms. The third kappa shape index (κ3) is 9.35. The zero-order chi connectivity index (χ0) is 74.6. The SMILES string of the molecule is [2H]c1c([2H])c([2H])c(-c2cc(-c3cc(C(C)(C)C)cc(C(C)(C)C)c3)c(-[n+]3[c-]n(-c4cccc(Oc5ccc6c7ccccc7n(-c7cc(C([2H])([2H])[2H])c(-c8c([2H])c([2H])c([2H])c([2H])c8[2H])cn7)c6c5)c4)c4cc(-c5c([2H])c([2H])c([2H])c([2H])c5[2H])ccc43)c(-c3c([2H])c([2H])c([2H])c([2H])c3[2H])c2)c([2H])c1[2H]. The van der Waals surface area contributed by atoms with Gasteiger partial charge in [-0.3, -0.25) is 13.7 Å². The Balaban J connectivity index is 1.08.